The van der Waals surface area contributed by atoms with Crippen LogP contribution in [-0.4, -0.2) is 45.8 Å². The van der Waals surface area contributed by atoms with E-state index in [-0.39, 0.29) is 12.4 Å². The Morgan fingerprint density at radius 3 is 2.34 bits per heavy atom. The third-order valence-electron chi connectivity index (χ3n) is 4.20. The van der Waals surface area contributed by atoms with E-state index in [2.05, 4.69) is 0 Å². The number of fused-ring (bicyclic) bond motifs is 1. The quantitative estimate of drug-likeness (QED) is 0.402. The highest BCUT2D eigenvalue weighted by Crippen LogP contribution is 2.30. The molecule has 0 amide bonds. The second-order valence-corrected chi connectivity index (χ2v) is 6.22. The summed E-state index contributed by atoms with van der Waals surface area (Å²) in [6.45, 7) is 0.729. The molecule has 0 aromatic heterocycles. The zero-order valence-electron chi connectivity index (χ0n) is 16.3. The molecule has 0 atom stereocenters. The van der Waals surface area contributed by atoms with Crippen LogP contribution in [0.15, 0.2) is 42.5 Å². The first-order valence-corrected chi connectivity index (χ1v) is 9.10. The van der Waals surface area contributed by atoms with Crippen LogP contribution in [0, 0.1) is 0 Å². The van der Waals surface area contributed by atoms with Gasteiger partial charge in [-0.3, -0.25) is 4.79 Å². The Morgan fingerprint density at radius 1 is 0.966 bits per heavy atom. The summed E-state index contributed by atoms with van der Waals surface area (Å²) in [5.41, 5.74) is 1.09. The van der Waals surface area contributed by atoms with Crippen LogP contribution >= 0.6 is 0 Å². The summed E-state index contributed by atoms with van der Waals surface area (Å²) in [6.07, 6.45) is 3.59. The number of ether oxygens (including phenoxy) is 5. The normalized spacial score (nSPS) is 12.9. The van der Waals surface area contributed by atoms with Crippen LogP contribution < -0.4 is 18.9 Å². The summed E-state index contributed by atoms with van der Waals surface area (Å²) in [5, 5.41) is 0. The van der Waals surface area contributed by atoms with Gasteiger partial charge < -0.3 is 23.7 Å². The average Bonchev–Trinajstić information content (AvgIpc) is 3.00. The lowest BCUT2D eigenvalue weighted by Crippen LogP contribution is -2.12. The smallest absolute Gasteiger partial charge is 0.331 e. The van der Waals surface area contributed by atoms with E-state index in [1.807, 2.05) is 0 Å². The molecule has 0 radical (unpaired) electrons. The first-order valence-electron chi connectivity index (χ1n) is 9.10. The molecule has 7 nitrogen and oxygen atoms in total. The summed E-state index contributed by atoms with van der Waals surface area (Å²) in [6, 6.07) is 10.1. The van der Waals surface area contributed by atoms with Gasteiger partial charge in [0, 0.05) is 24.1 Å². The van der Waals surface area contributed by atoms with Gasteiger partial charge in [-0.15, -0.1) is 0 Å². The summed E-state index contributed by atoms with van der Waals surface area (Å²) in [7, 11) is 3.09. The largest absolute Gasteiger partial charge is 0.497 e. The fourth-order valence-corrected chi connectivity index (χ4v) is 2.69. The van der Waals surface area contributed by atoms with Crippen molar-refractivity contribution in [1.82, 2.24) is 0 Å². The molecule has 0 aliphatic carbocycles. The molecule has 1 aliphatic heterocycles. The lowest BCUT2D eigenvalue weighted by Gasteiger charge is -2.09. The van der Waals surface area contributed by atoms with E-state index in [9.17, 15) is 9.59 Å². The third-order valence-corrected chi connectivity index (χ3v) is 4.20. The fourth-order valence-electron chi connectivity index (χ4n) is 2.69. The van der Waals surface area contributed by atoms with Crippen molar-refractivity contribution in [3.63, 3.8) is 0 Å². The number of benzene rings is 2. The lowest BCUT2D eigenvalue weighted by atomic mass is 10.1. The standard InChI is InChI=1S/C22H22O7/c1-25-17-10-15(11-18(13-17)26-2)4-7-22(24)29-14-19(23)16-5-6-20-21(12-16)28-9-3-8-27-20/h4-7,10-13H,3,8-9,14H2,1-2H3/b7-4+. The van der Waals surface area contributed by atoms with Crippen LogP contribution in [0.1, 0.15) is 22.3 Å². The molecule has 0 spiro atoms. The molecular weight excluding hydrogens is 376 g/mol. The number of esters is 1. The second kappa shape index (κ2) is 9.64. The van der Waals surface area contributed by atoms with Gasteiger partial charge in [0.1, 0.15) is 11.5 Å². The Balaban J connectivity index is 1.58. The number of rotatable bonds is 7. The second-order valence-electron chi connectivity index (χ2n) is 6.22. The van der Waals surface area contributed by atoms with Crippen LogP contribution in [0.5, 0.6) is 23.0 Å². The fraction of sp³-hybridized carbons (Fsp3) is 0.273. The van der Waals surface area contributed by atoms with Crippen molar-refractivity contribution in [2.45, 2.75) is 6.42 Å². The maximum absolute atomic E-state index is 12.3. The first kappa shape index (κ1) is 20.3. The maximum Gasteiger partial charge on any atom is 0.331 e. The first-order chi connectivity index (χ1) is 14.1. The Hall–Kier alpha value is -3.48. The van der Waals surface area contributed by atoms with Crippen molar-refractivity contribution in [2.24, 2.45) is 0 Å². The zero-order valence-corrected chi connectivity index (χ0v) is 16.3. The highest BCUT2D eigenvalue weighted by atomic mass is 16.5. The number of ketones is 1. The van der Waals surface area contributed by atoms with Crippen LogP contribution in [0.2, 0.25) is 0 Å². The van der Waals surface area contributed by atoms with E-state index >= 15 is 0 Å². The van der Waals surface area contributed by atoms with E-state index in [0.29, 0.717) is 47.3 Å². The van der Waals surface area contributed by atoms with Crippen LogP contribution in [-0.2, 0) is 9.53 Å². The molecule has 2 aromatic carbocycles. The number of carbonyl (C=O) groups is 2. The number of methoxy groups -OCH3 is 2. The molecule has 0 N–H and O–H groups in total. The predicted molar refractivity (Wildman–Crippen MR) is 106 cm³/mol. The number of hydrogen-bond donors (Lipinski definition) is 0. The monoisotopic (exact) mass is 398 g/mol. The highest BCUT2D eigenvalue weighted by Gasteiger charge is 2.15. The molecule has 3 rings (SSSR count). The molecule has 2 aromatic rings. The molecule has 0 fully saturated rings. The van der Waals surface area contributed by atoms with Crippen LogP contribution in [0.3, 0.4) is 0 Å². The Bertz CT molecular complexity index is 895. The van der Waals surface area contributed by atoms with Gasteiger partial charge in [-0.05, 0) is 42.0 Å². The molecule has 0 saturated heterocycles. The molecule has 1 aliphatic rings. The summed E-state index contributed by atoms with van der Waals surface area (Å²) < 4.78 is 26.5. The summed E-state index contributed by atoms with van der Waals surface area (Å²) >= 11 is 0. The van der Waals surface area contributed by atoms with Gasteiger partial charge in [-0.25, -0.2) is 4.79 Å². The molecule has 1 heterocycles. The Morgan fingerprint density at radius 2 is 1.66 bits per heavy atom. The van der Waals surface area contributed by atoms with Crippen LogP contribution in [0.25, 0.3) is 6.08 Å². The number of Topliss-reactive ketones (excluding diaryl/α,β-unsaturated/α-hetero) is 1. The van der Waals surface area contributed by atoms with E-state index in [4.69, 9.17) is 23.7 Å². The topological polar surface area (TPSA) is 80.3 Å². The summed E-state index contributed by atoms with van der Waals surface area (Å²) in [5.74, 6) is 1.36. The molecule has 0 bridgehead atoms. The predicted octanol–water partition coefficient (Wildman–Crippen LogP) is 3.30. The van der Waals surface area contributed by atoms with Crippen LogP contribution in [0.4, 0.5) is 0 Å². The third kappa shape index (κ3) is 5.51. The van der Waals surface area contributed by atoms with Gasteiger partial charge in [0.2, 0.25) is 0 Å². The van der Waals surface area contributed by atoms with Gasteiger partial charge in [-0.1, -0.05) is 0 Å². The van der Waals surface area contributed by atoms with Gasteiger partial charge in [-0.2, -0.15) is 0 Å². The van der Waals surface area contributed by atoms with E-state index in [0.717, 1.165) is 6.42 Å². The van der Waals surface area contributed by atoms with Gasteiger partial charge in [0.05, 0.1) is 27.4 Å². The van der Waals surface area contributed by atoms with E-state index in [1.165, 1.54) is 6.08 Å². The maximum atomic E-state index is 12.3. The van der Waals surface area contributed by atoms with E-state index < -0.39 is 5.97 Å². The van der Waals surface area contributed by atoms with Gasteiger partial charge in [0.15, 0.2) is 23.9 Å². The van der Waals surface area contributed by atoms with Gasteiger partial charge in [0.25, 0.3) is 0 Å². The summed E-state index contributed by atoms with van der Waals surface area (Å²) in [4.78, 5) is 24.3. The SMILES string of the molecule is COc1cc(/C=C/C(=O)OCC(=O)c2ccc3c(c2)OCCCO3)cc(OC)c1. The molecule has 0 unspecified atom stereocenters. The molecular formula is C22H22O7. The van der Waals surface area contributed by atoms with Crippen molar-refractivity contribution in [3.05, 3.63) is 53.6 Å². The Labute approximate surface area is 168 Å². The van der Waals surface area contributed by atoms with Crippen molar-refractivity contribution in [3.8, 4) is 23.0 Å². The number of carbonyl (C=O) groups excluding carboxylic acids is 2. The number of hydrogen-bond acceptors (Lipinski definition) is 7. The van der Waals surface area contributed by atoms with E-state index in [1.54, 1.807) is 56.7 Å². The van der Waals surface area contributed by atoms with Crippen molar-refractivity contribution in [2.75, 3.05) is 34.0 Å². The minimum absolute atomic E-state index is 0.328. The minimum atomic E-state index is -0.630. The minimum Gasteiger partial charge on any atom is -0.497 e. The Kier molecular flexibility index (Phi) is 6.73. The molecule has 29 heavy (non-hydrogen) atoms. The average molecular weight is 398 g/mol. The molecule has 0 saturated carbocycles. The molecule has 152 valence electrons. The van der Waals surface area contributed by atoms with Crippen molar-refractivity contribution in [1.29, 1.82) is 0 Å². The highest BCUT2D eigenvalue weighted by molar-refractivity contribution is 5.99. The lowest BCUT2D eigenvalue weighted by molar-refractivity contribution is -0.136. The van der Waals surface area contributed by atoms with Crippen molar-refractivity contribution >= 4 is 17.8 Å². The molecule has 7 heteroatoms. The van der Waals surface area contributed by atoms with Crippen molar-refractivity contribution < 1.29 is 33.3 Å². The zero-order chi connectivity index (χ0) is 20.6. The van der Waals surface area contributed by atoms with Gasteiger partial charge >= 0.3 is 5.97 Å².